The average molecular weight is 432 g/mol. The van der Waals surface area contributed by atoms with Gasteiger partial charge < -0.3 is 14.6 Å². The van der Waals surface area contributed by atoms with Gasteiger partial charge in [0, 0.05) is 6.54 Å². The Hall–Kier alpha value is -3.31. The molecule has 4 rings (SSSR count). The average Bonchev–Trinajstić information content (AvgIpc) is 3.30. The van der Waals surface area contributed by atoms with Gasteiger partial charge in [-0.15, -0.1) is 0 Å². The van der Waals surface area contributed by atoms with Gasteiger partial charge in [-0.05, 0) is 54.2 Å². The maximum absolute atomic E-state index is 12.0. The van der Waals surface area contributed by atoms with E-state index in [1.54, 1.807) is 7.11 Å². The predicted octanol–water partition coefficient (Wildman–Crippen LogP) is 5.22. The van der Waals surface area contributed by atoms with Gasteiger partial charge in [0.15, 0.2) is 11.5 Å². The van der Waals surface area contributed by atoms with Crippen molar-refractivity contribution < 1.29 is 19.4 Å². The number of ether oxygens (including phenoxy) is 2. The Bertz CT molecular complexity index is 1070. The first-order valence-corrected chi connectivity index (χ1v) is 11.0. The highest BCUT2D eigenvalue weighted by Crippen LogP contribution is 2.39. The third-order valence-corrected chi connectivity index (χ3v) is 6.13. The molecule has 1 fully saturated rings. The Balaban J connectivity index is 1.69. The fraction of sp³-hybridized carbons (Fsp3) is 0.296. The van der Waals surface area contributed by atoms with Gasteiger partial charge >= 0.3 is 5.97 Å². The van der Waals surface area contributed by atoms with E-state index in [0.717, 1.165) is 35.2 Å². The molecule has 1 N–H and O–H groups in total. The fourth-order valence-electron chi connectivity index (χ4n) is 4.52. The minimum Gasteiger partial charge on any atom is -0.493 e. The van der Waals surface area contributed by atoms with Crippen LogP contribution in [0.1, 0.15) is 41.1 Å². The first kappa shape index (κ1) is 21.9. The lowest BCUT2D eigenvalue weighted by molar-refractivity contribution is -0.142. The van der Waals surface area contributed by atoms with Crippen LogP contribution in [0.15, 0.2) is 72.8 Å². The zero-order valence-corrected chi connectivity index (χ0v) is 18.5. The molecule has 0 aromatic heterocycles. The first-order valence-electron chi connectivity index (χ1n) is 11.0. The Labute approximate surface area is 189 Å². The lowest BCUT2D eigenvalue weighted by Crippen LogP contribution is -2.39. The quantitative estimate of drug-likeness (QED) is 0.530. The number of aliphatic carboxylic acids is 1. The predicted molar refractivity (Wildman–Crippen MR) is 124 cm³/mol. The third kappa shape index (κ3) is 4.63. The molecule has 3 aromatic carbocycles. The van der Waals surface area contributed by atoms with Crippen molar-refractivity contribution in [3.63, 3.8) is 0 Å². The highest BCUT2D eigenvalue weighted by atomic mass is 16.5. The van der Waals surface area contributed by atoms with Crippen LogP contribution in [-0.2, 0) is 11.4 Å². The highest BCUT2D eigenvalue weighted by Gasteiger charge is 2.37. The van der Waals surface area contributed by atoms with Crippen molar-refractivity contribution in [3.05, 3.63) is 95.1 Å². The molecule has 1 heterocycles. The summed E-state index contributed by atoms with van der Waals surface area (Å²) in [5.41, 5.74) is 4.33. The summed E-state index contributed by atoms with van der Waals surface area (Å²) in [7, 11) is 1.63. The second kappa shape index (κ2) is 9.88. The number of carbonyl (C=O) groups is 1. The van der Waals surface area contributed by atoms with E-state index in [1.165, 1.54) is 0 Å². The lowest BCUT2D eigenvalue weighted by atomic mass is 9.92. The van der Waals surface area contributed by atoms with Crippen molar-refractivity contribution in [2.45, 2.75) is 38.5 Å². The summed E-state index contributed by atoms with van der Waals surface area (Å²) in [6.45, 7) is 3.26. The van der Waals surface area contributed by atoms with Crippen LogP contribution >= 0.6 is 0 Å². The summed E-state index contributed by atoms with van der Waals surface area (Å²) < 4.78 is 11.7. The van der Waals surface area contributed by atoms with Crippen LogP contribution in [0.25, 0.3) is 0 Å². The number of methoxy groups -OCH3 is 1. The Morgan fingerprint density at radius 1 is 1.06 bits per heavy atom. The summed E-state index contributed by atoms with van der Waals surface area (Å²) in [6, 6.07) is 23.4. The second-order valence-corrected chi connectivity index (χ2v) is 8.18. The molecule has 1 aliphatic rings. The Morgan fingerprint density at radius 3 is 2.53 bits per heavy atom. The van der Waals surface area contributed by atoms with Gasteiger partial charge in [0.05, 0.1) is 13.2 Å². The van der Waals surface area contributed by atoms with E-state index in [4.69, 9.17) is 9.47 Å². The van der Waals surface area contributed by atoms with Crippen molar-refractivity contribution in [2.75, 3.05) is 13.7 Å². The van der Waals surface area contributed by atoms with Gasteiger partial charge in [-0.25, -0.2) is 0 Å². The van der Waals surface area contributed by atoms with Crippen LogP contribution in [-0.4, -0.2) is 35.7 Å². The topological polar surface area (TPSA) is 59.0 Å². The molecule has 2 atom stereocenters. The molecule has 3 aromatic rings. The van der Waals surface area contributed by atoms with E-state index >= 15 is 0 Å². The van der Waals surface area contributed by atoms with E-state index in [1.807, 2.05) is 60.7 Å². The van der Waals surface area contributed by atoms with E-state index in [2.05, 4.69) is 24.0 Å². The SMILES string of the molecule is COc1cc(C(c2ccccc2C)N2CCCC2C(=O)O)ccc1OCc1ccccc1. The molecule has 0 spiro atoms. The van der Waals surface area contributed by atoms with Crippen molar-refractivity contribution in [1.82, 2.24) is 4.90 Å². The summed E-state index contributed by atoms with van der Waals surface area (Å²) in [5.74, 6) is 0.541. The number of rotatable bonds is 8. The molecule has 0 bridgehead atoms. The minimum atomic E-state index is -0.768. The van der Waals surface area contributed by atoms with E-state index in [0.29, 0.717) is 24.5 Å². The Morgan fingerprint density at radius 2 is 1.81 bits per heavy atom. The Kier molecular flexibility index (Phi) is 6.76. The summed E-state index contributed by atoms with van der Waals surface area (Å²) in [6.07, 6.45) is 1.53. The van der Waals surface area contributed by atoms with Crippen LogP contribution in [0, 0.1) is 6.92 Å². The molecular weight excluding hydrogens is 402 g/mol. The molecule has 0 saturated carbocycles. The third-order valence-electron chi connectivity index (χ3n) is 6.13. The fourth-order valence-corrected chi connectivity index (χ4v) is 4.52. The van der Waals surface area contributed by atoms with Gasteiger partial charge in [-0.1, -0.05) is 60.7 Å². The zero-order valence-electron chi connectivity index (χ0n) is 18.5. The van der Waals surface area contributed by atoms with Crippen molar-refractivity contribution in [1.29, 1.82) is 0 Å². The summed E-state index contributed by atoms with van der Waals surface area (Å²) in [5, 5.41) is 9.83. The molecule has 1 saturated heterocycles. The molecule has 2 unspecified atom stereocenters. The summed E-state index contributed by atoms with van der Waals surface area (Å²) >= 11 is 0. The van der Waals surface area contributed by atoms with Crippen LogP contribution < -0.4 is 9.47 Å². The number of carboxylic acids is 1. The number of hydrogen-bond donors (Lipinski definition) is 1. The van der Waals surface area contributed by atoms with Gasteiger partial charge in [0.25, 0.3) is 0 Å². The monoisotopic (exact) mass is 431 g/mol. The number of nitrogens with zero attached hydrogens (tertiary/aromatic N) is 1. The smallest absolute Gasteiger partial charge is 0.320 e. The maximum atomic E-state index is 12.0. The van der Waals surface area contributed by atoms with E-state index in [9.17, 15) is 9.90 Å². The molecule has 0 amide bonds. The normalized spacial score (nSPS) is 17.1. The molecular formula is C27H29NO4. The summed E-state index contributed by atoms with van der Waals surface area (Å²) in [4.78, 5) is 14.1. The van der Waals surface area contributed by atoms with Gasteiger partial charge in [0.2, 0.25) is 0 Å². The van der Waals surface area contributed by atoms with Crippen LogP contribution in [0.3, 0.4) is 0 Å². The number of hydrogen-bond acceptors (Lipinski definition) is 4. The molecule has 166 valence electrons. The van der Waals surface area contributed by atoms with Gasteiger partial charge in [0.1, 0.15) is 12.6 Å². The zero-order chi connectivity index (χ0) is 22.5. The molecule has 5 heteroatoms. The number of aryl methyl sites for hydroxylation is 1. The standard InChI is InChI=1S/C27H29NO4/c1-19-9-6-7-12-22(19)26(28-16-8-13-23(28)27(29)30)21-14-15-24(25(17-21)31-2)32-18-20-10-4-3-5-11-20/h3-7,9-12,14-15,17,23,26H,8,13,16,18H2,1-2H3,(H,29,30). The first-order chi connectivity index (χ1) is 15.6. The van der Waals surface area contributed by atoms with E-state index in [-0.39, 0.29) is 6.04 Å². The maximum Gasteiger partial charge on any atom is 0.320 e. The van der Waals surface area contributed by atoms with Crippen molar-refractivity contribution in [2.24, 2.45) is 0 Å². The molecule has 1 aliphatic heterocycles. The largest absolute Gasteiger partial charge is 0.493 e. The van der Waals surface area contributed by atoms with Crippen LogP contribution in [0.4, 0.5) is 0 Å². The van der Waals surface area contributed by atoms with E-state index < -0.39 is 12.0 Å². The van der Waals surface area contributed by atoms with Gasteiger partial charge in [-0.2, -0.15) is 0 Å². The molecule has 32 heavy (non-hydrogen) atoms. The highest BCUT2D eigenvalue weighted by molar-refractivity contribution is 5.74. The van der Waals surface area contributed by atoms with Crippen LogP contribution in [0.2, 0.25) is 0 Å². The molecule has 0 radical (unpaired) electrons. The van der Waals surface area contributed by atoms with Crippen molar-refractivity contribution >= 4 is 5.97 Å². The second-order valence-electron chi connectivity index (χ2n) is 8.18. The number of carboxylic acid groups (broad SMARTS) is 1. The van der Waals surface area contributed by atoms with Gasteiger partial charge in [-0.3, -0.25) is 9.69 Å². The van der Waals surface area contributed by atoms with Crippen molar-refractivity contribution in [3.8, 4) is 11.5 Å². The molecule has 0 aliphatic carbocycles. The van der Waals surface area contributed by atoms with Crippen LogP contribution in [0.5, 0.6) is 11.5 Å². The number of likely N-dealkylation sites (tertiary alicyclic amines) is 1. The number of benzene rings is 3. The lowest BCUT2D eigenvalue weighted by Gasteiger charge is -2.33. The molecule has 5 nitrogen and oxygen atoms in total. The minimum absolute atomic E-state index is 0.170.